The predicted octanol–water partition coefficient (Wildman–Crippen LogP) is 5.10. The number of aromatic nitrogens is 1. The molecule has 26 heavy (non-hydrogen) atoms. The molecule has 4 nitrogen and oxygen atoms in total. The van der Waals surface area contributed by atoms with Crippen LogP contribution in [0.4, 0.5) is 0 Å². The van der Waals surface area contributed by atoms with Crippen LogP contribution in [0, 0.1) is 0 Å². The van der Waals surface area contributed by atoms with Crippen LogP contribution in [-0.4, -0.2) is 22.6 Å². The number of hydrogen-bond acceptors (Lipinski definition) is 4. The van der Waals surface area contributed by atoms with Crippen LogP contribution >= 0.6 is 11.8 Å². The minimum absolute atomic E-state index is 0.0939. The molecule has 0 unspecified atom stereocenters. The highest BCUT2D eigenvalue weighted by molar-refractivity contribution is 8.16. The summed E-state index contributed by atoms with van der Waals surface area (Å²) in [7, 11) is 0. The molecule has 1 amide bonds. The first kappa shape index (κ1) is 20.2. The number of para-hydroxylation sites is 1. The maximum Gasteiger partial charge on any atom is 0.244 e. The van der Waals surface area contributed by atoms with Gasteiger partial charge in [0, 0.05) is 29.8 Å². The Morgan fingerprint density at radius 1 is 1.08 bits per heavy atom. The molecule has 0 aliphatic heterocycles. The Hall–Kier alpha value is -2.14. The maximum absolute atomic E-state index is 12.4. The lowest BCUT2D eigenvalue weighted by Gasteiger charge is -2.03. The van der Waals surface area contributed by atoms with Gasteiger partial charge in [0.05, 0.1) is 5.52 Å². The van der Waals surface area contributed by atoms with E-state index in [9.17, 15) is 9.59 Å². The molecular weight excluding hydrogens is 344 g/mol. The number of rotatable bonds is 10. The monoisotopic (exact) mass is 370 g/mol. The van der Waals surface area contributed by atoms with Crippen molar-refractivity contribution in [3.05, 3.63) is 53.6 Å². The molecule has 0 saturated carbocycles. The summed E-state index contributed by atoms with van der Waals surface area (Å²) in [6, 6.07) is 9.25. The van der Waals surface area contributed by atoms with Crippen LogP contribution < -0.4 is 5.32 Å². The summed E-state index contributed by atoms with van der Waals surface area (Å²) >= 11 is 1.02. The molecule has 0 atom stereocenters. The van der Waals surface area contributed by atoms with Crippen molar-refractivity contribution in [1.82, 2.24) is 10.3 Å². The van der Waals surface area contributed by atoms with Crippen molar-refractivity contribution < 1.29 is 9.59 Å². The van der Waals surface area contributed by atoms with E-state index < -0.39 is 0 Å². The number of fused-ring (bicyclic) bond motifs is 1. The summed E-state index contributed by atoms with van der Waals surface area (Å²) in [6.45, 7) is 2.88. The lowest BCUT2D eigenvalue weighted by molar-refractivity contribution is -0.116. The first-order chi connectivity index (χ1) is 12.7. The average Bonchev–Trinajstić information content (AvgIpc) is 2.66. The Labute approximate surface area is 159 Å². The topological polar surface area (TPSA) is 59.1 Å². The number of unbranched alkanes of at least 4 members (excludes halogenated alkanes) is 5. The van der Waals surface area contributed by atoms with Crippen LogP contribution in [0.3, 0.4) is 0 Å². The average molecular weight is 371 g/mol. The van der Waals surface area contributed by atoms with Crippen molar-refractivity contribution in [3.8, 4) is 0 Å². The van der Waals surface area contributed by atoms with Gasteiger partial charge in [-0.3, -0.25) is 14.6 Å². The third-order valence-electron chi connectivity index (χ3n) is 4.09. The Balaban J connectivity index is 1.73. The second kappa shape index (κ2) is 11.5. The van der Waals surface area contributed by atoms with Crippen LogP contribution in [0.25, 0.3) is 10.9 Å². The molecule has 0 radical (unpaired) electrons. The number of carbonyl (C=O) groups is 2. The second-order valence-corrected chi connectivity index (χ2v) is 7.02. The molecule has 2 rings (SSSR count). The molecule has 1 aromatic carbocycles. The quantitative estimate of drug-likeness (QED) is 0.467. The highest BCUT2D eigenvalue weighted by atomic mass is 32.2. The first-order valence-electron chi connectivity index (χ1n) is 9.21. The molecule has 0 aliphatic rings. The van der Waals surface area contributed by atoms with Crippen molar-refractivity contribution in [2.75, 3.05) is 6.54 Å². The number of pyridine rings is 1. The lowest BCUT2D eigenvalue weighted by atomic mass is 10.1. The first-order valence-corrected chi connectivity index (χ1v) is 10.1. The van der Waals surface area contributed by atoms with Gasteiger partial charge < -0.3 is 5.32 Å². The number of benzene rings is 1. The zero-order chi connectivity index (χ0) is 18.6. The number of carbonyl (C=O) groups excluding carboxylic acids is 2. The summed E-state index contributed by atoms with van der Waals surface area (Å²) in [4.78, 5) is 28.4. The van der Waals surface area contributed by atoms with E-state index in [0.717, 1.165) is 35.5 Å². The van der Waals surface area contributed by atoms with Crippen molar-refractivity contribution >= 4 is 33.7 Å². The van der Waals surface area contributed by atoms with Gasteiger partial charge in [0.1, 0.15) is 0 Å². The molecule has 1 N–H and O–H groups in total. The highest BCUT2D eigenvalue weighted by Gasteiger charge is 2.09. The maximum atomic E-state index is 12.4. The Morgan fingerprint density at radius 3 is 2.69 bits per heavy atom. The second-order valence-electron chi connectivity index (χ2n) is 6.14. The van der Waals surface area contributed by atoms with Crippen molar-refractivity contribution in [1.29, 1.82) is 0 Å². The van der Waals surface area contributed by atoms with Crippen molar-refractivity contribution in [2.45, 2.75) is 45.4 Å². The highest BCUT2D eigenvalue weighted by Crippen LogP contribution is 2.21. The fourth-order valence-corrected chi connectivity index (χ4v) is 3.29. The molecule has 5 heteroatoms. The fraction of sp³-hybridized carbons (Fsp3) is 0.381. The molecule has 0 bridgehead atoms. The van der Waals surface area contributed by atoms with Crippen LogP contribution in [-0.2, 0) is 4.79 Å². The molecule has 0 saturated heterocycles. The van der Waals surface area contributed by atoms with E-state index in [4.69, 9.17) is 0 Å². The molecule has 1 aromatic heterocycles. The summed E-state index contributed by atoms with van der Waals surface area (Å²) in [5.41, 5.74) is 1.40. The molecule has 1 heterocycles. The molecular formula is C21H26N2O2S. The van der Waals surface area contributed by atoms with E-state index in [1.165, 1.54) is 31.8 Å². The van der Waals surface area contributed by atoms with E-state index in [1.54, 1.807) is 17.7 Å². The number of hydrogen-bond donors (Lipinski definition) is 1. The van der Waals surface area contributed by atoms with E-state index in [2.05, 4.69) is 17.2 Å². The van der Waals surface area contributed by atoms with E-state index >= 15 is 0 Å². The van der Waals surface area contributed by atoms with Gasteiger partial charge >= 0.3 is 0 Å². The number of nitrogens with one attached hydrogen (secondary N) is 1. The Bertz CT molecular complexity index is 753. The summed E-state index contributed by atoms with van der Waals surface area (Å²) in [5, 5.41) is 5.14. The zero-order valence-corrected chi connectivity index (χ0v) is 16.1. The zero-order valence-electron chi connectivity index (χ0n) is 15.2. The van der Waals surface area contributed by atoms with Gasteiger partial charge in [0.2, 0.25) is 11.0 Å². The third kappa shape index (κ3) is 6.64. The van der Waals surface area contributed by atoms with Crippen molar-refractivity contribution in [3.63, 3.8) is 0 Å². The van der Waals surface area contributed by atoms with Gasteiger partial charge in [-0.25, -0.2) is 0 Å². The molecule has 0 aliphatic carbocycles. The normalized spacial score (nSPS) is 11.1. The van der Waals surface area contributed by atoms with Crippen LogP contribution in [0.2, 0.25) is 0 Å². The predicted molar refractivity (Wildman–Crippen MR) is 109 cm³/mol. The largest absolute Gasteiger partial charge is 0.353 e. The fourth-order valence-electron chi connectivity index (χ4n) is 2.67. The summed E-state index contributed by atoms with van der Waals surface area (Å²) < 4.78 is 0. The van der Waals surface area contributed by atoms with E-state index in [-0.39, 0.29) is 11.0 Å². The Morgan fingerprint density at radius 2 is 1.85 bits per heavy atom. The van der Waals surface area contributed by atoms with Gasteiger partial charge in [-0.15, -0.1) is 0 Å². The SMILES string of the molecule is CCCCCCCCNC(=O)/C=C\SC(=O)c1ccnc2ccccc12. The number of thioether (sulfide) groups is 1. The number of nitrogens with zero attached hydrogens (tertiary/aromatic N) is 1. The molecule has 138 valence electrons. The smallest absolute Gasteiger partial charge is 0.244 e. The van der Waals surface area contributed by atoms with Gasteiger partial charge in [-0.2, -0.15) is 0 Å². The van der Waals surface area contributed by atoms with Crippen molar-refractivity contribution in [2.24, 2.45) is 0 Å². The number of amides is 1. The minimum Gasteiger partial charge on any atom is -0.353 e. The van der Waals surface area contributed by atoms with Crippen LogP contribution in [0.15, 0.2) is 48.0 Å². The molecule has 0 spiro atoms. The third-order valence-corrected chi connectivity index (χ3v) is 4.80. The van der Waals surface area contributed by atoms with Gasteiger partial charge in [0.25, 0.3) is 0 Å². The Kier molecular flexibility index (Phi) is 8.90. The minimum atomic E-state index is -0.154. The summed E-state index contributed by atoms with van der Waals surface area (Å²) in [5.74, 6) is -0.154. The van der Waals surface area contributed by atoms with Crippen LogP contribution in [0.1, 0.15) is 55.8 Å². The molecule has 2 aromatic rings. The molecule has 0 fully saturated rings. The standard InChI is InChI=1S/C21H26N2O2S/c1-2-3-4-5-6-9-14-23-20(24)13-16-26-21(25)18-12-15-22-19-11-8-7-10-17(18)19/h7-8,10-13,15-16H,2-6,9,14H2,1H3,(H,23,24)/b16-13-. The van der Waals surface area contributed by atoms with Gasteiger partial charge in [0.15, 0.2) is 0 Å². The van der Waals surface area contributed by atoms with Gasteiger partial charge in [-0.1, -0.05) is 69.0 Å². The summed E-state index contributed by atoms with van der Waals surface area (Å²) in [6.07, 6.45) is 10.2. The lowest BCUT2D eigenvalue weighted by Crippen LogP contribution is -2.21. The van der Waals surface area contributed by atoms with E-state index in [0.29, 0.717) is 12.1 Å². The van der Waals surface area contributed by atoms with E-state index in [1.807, 2.05) is 24.3 Å². The van der Waals surface area contributed by atoms with Gasteiger partial charge in [-0.05, 0) is 24.0 Å². The van der Waals surface area contributed by atoms with Crippen LogP contribution in [0.5, 0.6) is 0 Å².